The van der Waals surface area contributed by atoms with E-state index in [0.717, 1.165) is 21.7 Å². The highest BCUT2D eigenvalue weighted by Gasteiger charge is 2.41. The molecule has 7 rings (SSSR count). The number of nitrogens with zero attached hydrogens (tertiary/aromatic N) is 6. The number of carbonyl (C=O) groups is 3. The number of aromatic nitrogens is 5. The van der Waals surface area contributed by atoms with Gasteiger partial charge in [-0.2, -0.15) is 5.10 Å². The first kappa shape index (κ1) is 45.5. The number of aryl methyl sites for hydroxylation is 2. The molecule has 336 valence electrons. The Morgan fingerprint density at radius 2 is 1.72 bits per heavy atom. The van der Waals surface area contributed by atoms with Gasteiger partial charge in [0, 0.05) is 32.3 Å². The molecular weight excluding hydrogens is 841 g/mol. The number of nitrogens with one attached hydrogen (secondary N) is 2. The molecule has 0 radical (unpaired) electrons. The highest BCUT2D eigenvalue weighted by atomic mass is 32.1. The Balaban J connectivity index is 0.774. The van der Waals surface area contributed by atoms with Crippen LogP contribution in [0, 0.1) is 12.3 Å². The number of pyridine rings is 1. The van der Waals surface area contributed by atoms with Crippen molar-refractivity contribution in [3.8, 4) is 33.5 Å². The second-order valence-electron chi connectivity index (χ2n) is 16.4. The minimum absolute atomic E-state index is 0.164. The molecule has 0 spiro atoms. The summed E-state index contributed by atoms with van der Waals surface area (Å²) in [6.07, 6.45) is 2.85. The van der Waals surface area contributed by atoms with Crippen LogP contribution >= 0.6 is 11.3 Å². The van der Waals surface area contributed by atoms with Crippen LogP contribution in [0.4, 0.5) is 0 Å². The van der Waals surface area contributed by atoms with Crippen molar-refractivity contribution >= 4 is 40.2 Å². The molecule has 0 aliphatic carbocycles. The van der Waals surface area contributed by atoms with Gasteiger partial charge in [-0.1, -0.05) is 45.0 Å². The third-order valence-corrected chi connectivity index (χ3v) is 11.5. The average Bonchev–Trinajstić information content (AvgIpc) is 4.06. The first-order chi connectivity index (χ1) is 30.8. The van der Waals surface area contributed by atoms with Gasteiger partial charge in [0.15, 0.2) is 5.58 Å². The average molecular weight is 893 g/mol. The molecule has 1 aliphatic rings. The van der Waals surface area contributed by atoms with Gasteiger partial charge in [0.05, 0.1) is 47.8 Å². The van der Waals surface area contributed by atoms with Crippen LogP contribution in [-0.2, 0) is 44.1 Å². The zero-order chi connectivity index (χ0) is 45.2. The summed E-state index contributed by atoms with van der Waals surface area (Å²) in [7, 11) is 1.56. The molecular formula is C46H52N8O9S. The SMILES string of the molecule is Cc1ncsc1-c1ccc(CNC(=O)[C@H]2CCCN2C(=O)[C@H](NC(=O)COCCOCCOc2ccc(COc3ccc4oc(-c5ccc(=O)n(C)n5)nc4c3)nc2)C(C)(C)C)cc1. The van der Waals surface area contributed by atoms with Crippen molar-refractivity contribution in [2.75, 3.05) is 39.6 Å². The molecule has 1 fully saturated rings. The van der Waals surface area contributed by atoms with Crippen LogP contribution in [0.2, 0.25) is 0 Å². The first-order valence-corrected chi connectivity index (χ1v) is 21.9. The lowest BCUT2D eigenvalue weighted by atomic mass is 9.85. The third-order valence-electron chi connectivity index (χ3n) is 10.5. The number of likely N-dealkylation sites (tertiary alicyclic amines) is 1. The molecule has 2 N–H and O–H groups in total. The van der Waals surface area contributed by atoms with Crippen molar-refractivity contribution in [1.82, 2.24) is 40.3 Å². The zero-order valence-corrected chi connectivity index (χ0v) is 37.3. The van der Waals surface area contributed by atoms with Crippen LogP contribution in [0.3, 0.4) is 0 Å². The van der Waals surface area contributed by atoms with E-state index in [1.807, 2.05) is 57.5 Å². The fourth-order valence-corrected chi connectivity index (χ4v) is 7.86. The predicted molar refractivity (Wildman–Crippen MR) is 238 cm³/mol. The van der Waals surface area contributed by atoms with Crippen LogP contribution < -0.4 is 25.7 Å². The Kier molecular flexibility index (Phi) is 14.8. The summed E-state index contributed by atoms with van der Waals surface area (Å²) < 4.78 is 29.9. The van der Waals surface area contributed by atoms with E-state index < -0.39 is 23.4 Å². The zero-order valence-electron chi connectivity index (χ0n) is 36.5. The van der Waals surface area contributed by atoms with Crippen LogP contribution in [-0.4, -0.2) is 99.0 Å². The maximum Gasteiger partial charge on any atom is 0.266 e. The van der Waals surface area contributed by atoms with Gasteiger partial charge in [-0.25, -0.2) is 14.6 Å². The van der Waals surface area contributed by atoms with Gasteiger partial charge in [-0.05, 0) is 66.6 Å². The van der Waals surface area contributed by atoms with Gasteiger partial charge in [0.25, 0.3) is 5.56 Å². The number of carbonyl (C=O) groups excluding carboxylic acids is 3. The normalized spacial score (nSPS) is 14.4. The van der Waals surface area contributed by atoms with Gasteiger partial charge < -0.3 is 38.9 Å². The van der Waals surface area contributed by atoms with Gasteiger partial charge >= 0.3 is 0 Å². The topological polar surface area (TPSA) is 202 Å². The number of oxazole rings is 1. The number of fused-ring (bicyclic) bond motifs is 1. The van der Waals surface area contributed by atoms with Crippen molar-refractivity contribution in [3.63, 3.8) is 0 Å². The van der Waals surface area contributed by atoms with Crippen LogP contribution in [0.1, 0.15) is 50.6 Å². The smallest absolute Gasteiger partial charge is 0.266 e. The van der Waals surface area contributed by atoms with E-state index in [0.29, 0.717) is 65.8 Å². The molecule has 0 saturated carbocycles. The number of hydrogen-bond acceptors (Lipinski definition) is 14. The molecule has 64 heavy (non-hydrogen) atoms. The van der Waals surface area contributed by atoms with Gasteiger partial charge in [-0.15, -0.1) is 11.3 Å². The van der Waals surface area contributed by atoms with Crippen LogP contribution in [0.5, 0.6) is 11.5 Å². The second kappa shape index (κ2) is 20.8. The largest absolute Gasteiger partial charge is 0.490 e. The molecule has 0 unspecified atom stereocenters. The second-order valence-corrected chi connectivity index (χ2v) is 17.2. The van der Waals surface area contributed by atoms with E-state index in [2.05, 4.69) is 30.7 Å². The predicted octanol–water partition coefficient (Wildman–Crippen LogP) is 5.24. The Labute approximate surface area is 374 Å². The Morgan fingerprint density at radius 3 is 2.45 bits per heavy atom. The molecule has 17 nitrogen and oxygen atoms in total. The quantitative estimate of drug-likeness (QED) is 0.100. The summed E-state index contributed by atoms with van der Waals surface area (Å²) in [4.78, 5) is 67.8. The lowest BCUT2D eigenvalue weighted by Gasteiger charge is -2.35. The monoisotopic (exact) mass is 892 g/mol. The summed E-state index contributed by atoms with van der Waals surface area (Å²) in [5.41, 5.74) is 6.28. The maximum absolute atomic E-state index is 13.9. The van der Waals surface area contributed by atoms with E-state index in [4.69, 9.17) is 23.4 Å². The van der Waals surface area contributed by atoms with E-state index in [9.17, 15) is 19.2 Å². The molecule has 5 heterocycles. The number of benzene rings is 2. The Hall–Kier alpha value is -6.50. The molecule has 1 aliphatic heterocycles. The molecule has 2 atom stereocenters. The summed E-state index contributed by atoms with van der Waals surface area (Å²) in [5, 5.41) is 10.0. The summed E-state index contributed by atoms with van der Waals surface area (Å²) in [5.74, 6) is 0.508. The molecule has 4 aromatic heterocycles. The summed E-state index contributed by atoms with van der Waals surface area (Å²) in [6.45, 7) is 9.32. The molecule has 0 bridgehead atoms. The van der Waals surface area contributed by atoms with Crippen LogP contribution in [0.25, 0.3) is 33.1 Å². The maximum atomic E-state index is 13.9. The number of amides is 3. The van der Waals surface area contributed by atoms with Crippen molar-refractivity contribution in [2.24, 2.45) is 12.5 Å². The van der Waals surface area contributed by atoms with E-state index >= 15 is 0 Å². The minimum Gasteiger partial charge on any atom is -0.490 e. The van der Waals surface area contributed by atoms with E-state index in [1.54, 1.807) is 65.9 Å². The first-order valence-electron chi connectivity index (χ1n) is 21.0. The van der Waals surface area contributed by atoms with E-state index in [-0.39, 0.29) is 57.0 Å². The molecule has 2 aromatic carbocycles. The Morgan fingerprint density at radius 1 is 0.938 bits per heavy atom. The molecule has 1 saturated heterocycles. The lowest BCUT2D eigenvalue weighted by Crippen LogP contribution is -2.58. The summed E-state index contributed by atoms with van der Waals surface area (Å²) in [6, 6.07) is 18.4. The van der Waals surface area contributed by atoms with Crippen molar-refractivity contribution in [3.05, 3.63) is 106 Å². The number of thiazole rings is 1. The van der Waals surface area contributed by atoms with Gasteiger partial charge in [-0.3, -0.25) is 24.2 Å². The lowest BCUT2D eigenvalue weighted by molar-refractivity contribution is -0.144. The number of ether oxygens (including phenoxy) is 4. The Bertz CT molecular complexity index is 2600. The van der Waals surface area contributed by atoms with E-state index in [1.165, 1.54) is 10.7 Å². The highest BCUT2D eigenvalue weighted by Crippen LogP contribution is 2.29. The number of rotatable bonds is 19. The highest BCUT2D eigenvalue weighted by molar-refractivity contribution is 7.13. The number of hydrogen-bond donors (Lipinski definition) is 2. The van der Waals surface area contributed by atoms with Crippen molar-refractivity contribution in [1.29, 1.82) is 0 Å². The third kappa shape index (κ3) is 11.7. The van der Waals surface area contributed by atoms with Crippen LogP contribution in [0.15, 0.2) is 87.6 Å². The van der Waals surface area contributed by atoms with Crippen molar-refractivity contribution in [2.45, 2.75) is 65.8 Å². The molecule has 3 amide bonds. The van der Waals surface area contributed by atoms with Gasteiger partial charge in [0.2, 0.25) is 23.6 Å². The van der Waals surface area contributed by atoms with Gasteiger partial charge in [0.1, 0.15) is 54.6 Å². The minimum atomic E-state index is -0.854. The molecule has 18 heteroatoms. The standard InChI is InChI=1S/C46H52N8O9S/c1-29-41(64-28-49-29)31-10-8-30(9-11-31)24-48-43(57)37-7-6-18-54(37)45(58)42(46(2,3)4)51-39(55)27-60-20-19-59-21-22-61-34-13-12-32(47-25-34)26-62-33-14-16-38-36(23-33)50-44(63-38)35-15-17-40(56)53(5)52-35/h8-17,23,25,28,37,42H,6-7,18-22,24,26-27H2,1-5H3,(H,48,57)(H,51,55)/t37-,42+/m1/s1. The summed E-state index contributed by atoms with van der Waals surface area (Å²) >= 11 is 1.59. The fourth-order valence-electron chi connectivity index (χ4n) is 7.05. The van der Waals surface area contributed by atoms with Crippen molar-refractivity contribution < 1.29 is 37.7 Å². The fraction of sp³-hybridized carbons (Fsp3) is 0.391. The molecule has 6 aromatic rings.